The van der Waals surface area contributed by atoms with Crippen molar-refractivity contribution in [2.45, 2.75) is 13.0 Å². The molecular weight excluding hydrogens is 234 g/mol. The van der Waals surface area contributed by atoms with Gasteiger partial charge in [0.15, 0.2) is 5.58 Å². The lowest BCUT2D eigenvalue weighted by Crippen LogP contribution is -2.41. The predicted molar refractivity (Wildman–Crippen MR) is 68.9 cm³/mol. The molecule has 2 aromatic rings. The predicted octanol–water partition coefficient (Wildman–Crippen LogP) is 0.928. The maximum atomic E-state index is 11.1. The molecule has 1 aromatic heterocycles. The van der Waals surface area contributed by atoms with Gasteiger partial charge in [0, 0.05) is 19.2 Å². The minimum Gasteiger partial charge on any atom is -0.408 e. The van der Waals surface area contributed by atoms with E-state index in [1.165, 1.54) is 0 Å². The number of oxazole rings is 1. The summed E-state index contributed by atoms with van der Waals surface area (Å²) in [5.74, 6) is -0.461. The summed E-state index contributed by atoms with van der Waals surface area (Å²) in [5.41, 5.74) is 8.69. The molecule has 0 spiro atoms. The van der Waals surface area contributed by atoms with Crippen LogP contribution in [0.5, 0.6) is 0 Å². The van der Waals surface area contributed by atoms with Crippen LogP contribution >= 0.6 is 0 Å². The number of H-pyrrole nitrogens is 1. The van der Waals surface area contributed by atoms with Gasteiger partial charge >= 0.3 is 5.76 Å². The van der Waals surface area contributed by atoms with Gasteiger partial charge in [-0.1, -0.05) is 0 Å². The maximum Gasteiger partial charge on any atom is 0.417 e. The largest absolute Gasteiger partial charge is 0.417 e. The molecule has 3 rings (SSSR count). The number of fused-ring (bicyclic) bond motifs is 1. The number of nitrogen functional groups attached to an aromatic ring is 1. The van der Waals surface area contributed by atoms with Crippen LogP contribution in [0.1, 0.15) is 6.92 Å². The van der Waals surface area contributed by atoms with E-state index in [4.69, 9.17) is 14.9 Å². The fraction of sp³-hybridized carbons (Fsp3) is 0.417. The molecule has 6 nitrogen and oxygen atoms in total. The van der Waals surface area contributed by atoms with Gasteiger partial charge in [0.05, 0.1) is 29.6 Å². The molecule has 1 unspecified atom stereocenters. The van der Waals surface area contributed by atoms with Gasteiger partial charge in [-0.3, -0.25) is 4.98 Å². The van der Waals surface area contributed by atoms with Crippen molar-refractivity contribution in [1.29, 1.82) is 0 Å². The molecule has 0 amide bonds. The highest BCUT2D eigenvalue weighted by Gasteiger charge is 2.19. The molecule has 1 aliphatic heterocycles. The Morgan fingerprint density at radius 1 is 1.50 bits per heavy atom. The van der Waals surface area contributed by atoms with E-state index >= 15 is 0 Å². The number of hydrogen-bond acceptors (Lipinski definition) is 5. The number of rotatable bonds is 1. The molecule has 0 bridgehead atoms. The first-order valence-corrected chi connectivity index (χ1v) is 5.92. The molecule has 1 fully saturated rings. The number of anilines is 2. The first-order valence-electron chi connectivity index (χ1n) is 5.92. The fourth-order valence-corrected chi connectivity index (χ4v) is 2.31. The quantitative estimate of drug-likeness (QED) is 0.734. The number of morpholine rings is 1. The molecule has 18 heavy (non-hydrogen) atoms. The zero-order valence-electron chi connectivity index (χ0n) is 10.1. The van der Waals surface area contributed by atoms with Gasteiger partial charge in [-0.2, -0.15) is 0 Å². The van der Waals surface area contributed by atoms with Gasteiger partial charge in [0.25, 0.3) is 0 Å². The van der Waals surface area contributed by atoms with Gasteiger partial charge in [-0.25, -0.2) is 4.79 Å². The number of nitrogens with one attached hydrogen (secondary N) is 1. The molecule has 96 valence electrons. The standard InChI is InChI=1S/C12H15N3O3/c1-7-6-15(2-3-17-7)10-5-9-11(4-8(10)13)18-12(16)14-9/h4-5,7H,2-3,6,13H2,1H3,(H,14,16). The Hall–Kier alpha value is -1.95. The highest BCUT2D eigenvalue weighted by molar-refractivity contribution is 5.85. The van der Waals surface area contributed by atoms with E-state index in [2.05, 4.69) is 9.88 Å². The van der Waals surface area contributed by atoms with Crippen LogP contribution in [0.4, 0.5) is 11.4 Å². The summed E-state index contributed by atoms with van der Waals surface area (Å²) < 4.78 is 10.5. The van der Waals surface area contributed by atoms with E-state index < -0.39 is 5.76 Å². The van der Waals surface area contributed by atoms with E-state index in [9.17, 15) is 4.79 Å². The summed E-state index contributed by atoms with van der Waals surface area (Å²) in [6.45, 7) is 4.29. The van der Waals surface area contributed by atoms with E-state index in [0.717, 1.165) is 18.8 Å². The number of nitrogens with two attached hydrogens (primary N) is 1. The van der Waals surface area contributed by atoms with Crippen LogP contribution in [0, 0.1) is 0 Å². The maximum absolute atomic E-state index is 11.1. The summed E-state index contributed by atoms with van der Waals surface area (Å²) in [7, 11) is 0. The third kappa shape index (κ3) is 1.84. The molecule has 2 heterocycles. The van der Waals surface area contributed by atoms with E-state index in [0.29, 0.717) is 23.4 Å². The second-order valence-corrected chi connectivity index (χ2v) is 4.55. The van der Waals surface area contributed by atoms with Crippen molar-refractivity contribution in [3.63, 3.8) is 0 Å². The molecule has 3 N–H and O–H groups in total. The molecule has 1 saturated heterocycles. The zero-order valence-corrected chi connectivity index (χ0v) is 10.1. The smallest absolute Gasteiger partial charge is 0.408 e. The van der Waals surface area contributed by atoms with Crippen LogP contribution in [-0.2, 0) is 4.74 Å². The lowest BCUT2D eigenvalue weighted by atomic mass is 10.2. The number of hydrogen-bond donors (Lipinski definition) is 2. The molecule has 6 heteroatoms. The van der Waals surface area contributed by atoms with Gasteiger partial charge in [-0.15, -0.1) is 0 Å². The molecule has 0 aliphatic carbocycles. The Bertz CT molecular complexity index is 631. The van der Waals surface area contributed by atoms with Crippen molar-refractivity contribution < 1.29 is 9.15 Å². The van der Waals surface area contributed by atoms with Crippen molar-refractivity contribution in [1.82, 2.24) is 4.98 Å². The summed E-state index contributed by atoms with van der Waals surface area (Å²) in [4.78, 5) is 15.9. The molecule has 1 atom stereocenters. The lowest BCUT2D eigenvalue weighted by Gasteiger charge is -2.33. The van der Waals surface area contributed by atoms with Crippen molar-refractivity contribution in [2.24, 2.45) is 0 Å². The van der Waals surface area contributed by atoms with Crippen LogP contribution < -0.4 is 16.4 Å². The van der Waals surface area contributed by atoms with Gasteiger partial charge < -0.3 is 19.8 Å². The van der Waals surface area contributed by atoms with Crippen LogP contribution in [0.15, 0.2) is 21.3 Å². The number of aromatic amines is 1. The topological polar surface area (TPSA) is 84.5 Å². The number of ether oxygens (including phenoxy) is 1. The average Bonchev–Trinajstić information content (AvgIpc) is 2.67. The summed E-state index contributed by atoms with van der Waals surface area (Å²) in [5, 5.41) is 0. The second kappa shape index (κ2) is 4.06. The Labute approximate surface area is 103 Å². The third-order valence-electron chi connectivity index (χ3n) is 3.15. The Morgan fingerprint density at radius 3 is 3.11 bits per heavy atom. The lowest BCUT2D eigenvalue weighted by molar-refractivity contribution is 0.0533. The fourth-order valence-electron chi connectivity index (χ4n) is 2.31. The molecule has 1 aromatic carbocycles. The molecule has 1 aliphatic rings. The first-order chi connectivity index (χ1) is 8.63. The Kier molecular flexibility index (Phi) is 2.52. The van der Waals surface area contributed by atoms with Crippen molar-refractivity contribution >= 4 is 22.5 Å². The molecular formula is C12H15N3O3. The van der Waals surface area contributed by atoms with Gasteiger partial charge in [0.2, 0.25) is 0 Å². The van der Waals surface area contributed by atoms with Crippen molar-refractivity contribution in [3.05, 3.63) is 22.7 Å². The van der Waals surface area contributed by atoms with Crippen molar-refractivity contribution in [2.75, 3.05) is 30.3 Å². The van der Waals surface area contributed by atoms with Crippen LogP contribution in [0.3, 0.4) is 0 Å². The normalized spacial score (nSPS) is 20.5. The van der Waals surface area contributed by atoms with E-state index in [1.807, 2.05) is 13.0 Å². The Balaban J connectivity index is 2.04. The van der Waals surface area contributed by atoms with Crippen molar-refractivity contribution in [3.8, 4) is 0 Å². The van der Waals surface area contributed by atoms with Crippen LogP contribution in [0.25, 0.3) is 11.1 Å². The summed E-state index contributed by atoms with van der Waals surface area (Å²) >= 11 is 0. The summed E-state index contributed by atoms with van der Waals surface area (Å²) in [6.07, 6.45) is 0.178. The number of nitrogens with zero attached hydrogens (tertiary/aromatic N) is 1. The number of benzene rings is 1. The average molecular weight is 249 g/mol. The van der Waals surface area contributed by atoms with E-state index in [-0.39, 0.29) is 6.10 Å². The number of aromatic nitrogens is 1. The van der Waals surface area contributed by atoms with E-state index in [1.54, 1.807) is 6.07 Å². The highest BCUT2D eigenvalue weighted by atomic mass is 16.5. The minimum atomic E-state index is -0.461. The summed E-state index contributed by atoms with van der Waals surface area (Å²) in [6, 6.07) is 3.54. The highest BCUT2D eigenvalue weighted by Crippen LogP contribution is 2.29. The second-order valence-electron chi connectivity index (χ2n) is 4.55. The van der Waals surface area contributed by atoms with Gasteiger partial charge in [-0.05, 0) is 13.0 Å². The van der Waals surface area contributed by atoms with Gasteiger partial charge in [0.1, 0.15) is 0 Å². The van der Waals surface area contributed by atoms with Crippen LogP contribution in [0.2, 0.25) is 0 Å². The SMILES string of the molecule is CC1CN(c2cc3[nH]c(=O)oc3cc2N)CCO1. The van der Waals surface area contributed by atoms with Crippen LogP contribution in [-0.4, -0.2) is 30.8 Å². The monoisotopic (exact) mass is 249 g/mol. The third-order valence-corrected chi connectivity index (χ3v) is 3.15. The molecule has 0 saturated carbocycles. The Morgan fingerprint density at radius 2 is 2.33 bits per heavy atom. The minimum absolute atomic E-state index is 0.178. The first kappa shape index (κ1) is 11.2. The zero-order chi connectivity index (χ0) is 12.7. The molecule has 0 radical (unpaired) electrons.